The molecule has 8 heteroatoms. The number of imide groups is 1. The first-order valence-electron chi connectivity index (χ1n) is 10.0. The third kappa shape index (κ3) is 4.03. The highest BCUT2D eigenvalue weighted by Crippen LogP contribution is 2.36. The van der Waals surface area contributed by atoms with Gasteiger partial charge in [-0.25, -0.2) is 13.7 Å². The number of halogens is 2. The summed E-state index contributed by atoms with van der Waals surface area (Å²) in [5, 5.41) is 0. The van der Waals surface area contributed by atoms with Crippen molar-refractivity contribution >= 4 is 23.1 Å². The third-order valence-corrected chi connectivity index (χ3v) is 5.06. The summed E-state index contributed by atoms with van der Waals surface area (Å²) in [7, 11) is 0. The minimum atomic E-state index is -1.13. The minimum Gasteiger partial charge on any atom is -0.491 e. The van der Waals surface area contributed by atoms with E-state index in [4.69, 9.17) is 9.47 Å². The van der Waals surface area contributed by atoms with Crippen LogP contribution >= 0.6 is 0 Å². The van der Waals surface area contributed by atoms with E-state index in [1.165, 1.54) is 6.07 Å². The van der Waals surface area contributed by atoms with Gasteiger partial charge in [-0.15, -0.1) is 0 Å². The number of hydrogen-bond donors (Lipinski definition) is 0. The number of amides is 2. The number of morpholine rings is 1. The average Bonchev–Trinajstić information content (AvgIpc) is 3.01. The van der Waals surface area contributed by atoms with Gasteiger partial charge < -0.3 is 14.4 Å². The van der Waals surface area contributed by atoms with Gasteiger partial charge in [0.2, 0.25) is 0 Å². The summed E-state index contributed by atoms with van der Waals surface area (Å²) in [6, 6.07) is 9.86. The lowest BCUT2D eigenvalue weighted by Gasteiger charge is -2.29. The van der Waals surface area contributed by atoms with Crippen LogP contribution in [0, 0.1) is 11.6 Å². The van der Waals surface area contributed by atoms with E-state index in [-0.39, 0.29) is 23.1 Å². The Kier molecular flexibility index (Phi) is 5.73. The van der Waals surface area contributed by atoms with Gasteiger partial charge in [0.25, 0.3) is 11.8 Å². The van der Waals surface area contributed by atoms with Crippen LogP contribution in [-0.2, 0) is 14.3 Å². The number of nitrogens with zero attached hydrogens (tertiary/aromatic N) is 2. The van der Waals surface area contributed by atoms with Crippen LogP contribution < -0.4 is 9.64 Å². The molecular weight excluding hydrogens is 406 g/mol. The number of carbonyl (C=O) groups is 2. The van der Waals surface area contributed by atoms with E-state index in [2.05, 4.69) is 0 Å². The fraction of sp³-hybridized carbons (Fsp3) is 0.304. The van der Waals surface area contributed by atoms with E-state index in [0.29, 0.717) is 37.6 Å². The van der Waals surface area contributed by atoms with E-state index in [1.54, 1.807) is 29.2 Å². The van der Waals surface area contributed by atoms with Crippen LogP contribution in [0.15, 0.2) is 48.2 Å². The quantitative estimate of drug-likeness (QED) is 0.684. The lowest BCUT2D eigenvalue weighted by molar-refractivity contribution is -0.121. The largest absolute Gasteiger partial charge is 0.491 e. The number of hydrogen-bond acceptors (Lipinski definition) is 5. The number of rotatable bonds is 5. The van der Waals surface area contributed by atoms with Crippen LogP contribution in [0.5, 0.6) is 5.75 Å². The molecule has 4 rings (SSSR count). The van der Waals surface area contributed by atoms with Crippen molar-refractivity contribution in [1.29, 1.82) is 0 Å². The Balaban J connectivity index is 1.77. The normalized spacial score (nSPS) is 17.2. The maximum Gasteiger partial charge on any atom is 0.282 e. The molecule has 0 saturated carbocycles. The van der Waals surface area contributed by atoms with Crippen molar-refractivity contribution in [3.63, 3.8) is 0 Å². The lowest BCUT2D eigenvalue weighted by Crippen LogP contribution is -2.40. The van der Waals surface area contributed by atoms with Crippen molar-refractivity contribution in [3.8, 4) is 5.75 Å². The van der Waals surface area contributed by atoms with Crippen molar-refractivity contribution in [2.75, 3.05) is 31.2 Å². The fourth-order valence-electron chi connectivity index (χ4n) is 3.69. The van der Waals surface area contributed by atoms with Crippen molar-refractivity contribution in [3.05, 3.63) is 65.4 Å². The van der Waals surface area contributed by atoms with E-state index < -0.39 is 23.4 Å². The van der Waals surface area contributed by atoms with Gasteiger partial charge in [0.15, 0.2) is 11.6 Å². The first-order chi connectivity index (χ1) is 14.9. The van der Waals surface area contributed by atoms with E-state index in [0.717, 1.165) is 17.0 Å². The van der Waals surface area contributed by atoms with Crippen molar-refractivity contribution in [1.82, 2.24) is 4.90 Å². The van der Waals surface area contributed by atoms with Gasteiger partial charge in [0, 0.05) is 19.2 Å². The summed E-state index contributed by atoms with van der Waals surface area (Å²) in [5.74, 6) is -2.70. The molecule has 31 heavy (non-hydrogen) atoms. The molecule has 0 aromatic heterocycles. The summed E-state index contributed by atoms with van der Waals surface area (Å²) >= 11 is 0. The number of anilines is 1. The summed E-state index contributed by atoms with van der Waals surface area (Å²) in [4.78, 5) is 29.4. The van der Waals surface area contributed by atoms with Crippen LogP contribution in [0.2, 0.25) is 0 Å². The molecule has 0 radical (unpaired) electrons. The maximum atomic E-state index is 13.8. The Bertz CT molecular complexity index is 1040. The lowest BCUT2D eigenvalue weighted by atomic mass is 10.0. The van der Waals surface area contributed by atoms with Gasteiger partial charge >= 0.3 is 0 Å². The topological polar surface area (TPSA) is 59.1 Å². The van der Waals surface area contributed by atoms with E-state index in [9.17, 15) is 18.4 Å². The molecular formula is C23H22F2N2O4. The molecule has 2 aromatic rings. The Morgan fingerprint density at radius 1 is 0.935 bits per heavy atom. The van der Waals surface area contributed by atoms with Crippen molar-refractivity contribution < 1.29 is 27.8 Å². The van der Waals surface area contributed by atoms with E-state index >= 15 is 0 Å². The highest BCUT2D eigenvalue weighted by atomic mass is 19.2. The zero-order valence-corrected chi connectivity index (χ0v) is 17.2. The molecule has 2 aliphatic rings. The molecule has 162 valence electrons. The summed E-state index contributed by atoms with van der Waals surface area (Å²) < 4.78 is 38.3. The predicted octanol–water partition coefficient (Wildman–Crippen LogP) is 3.37. The molecule has 0 unspecified atom stereocenters. The molecule has 0 bridgehead atoms. The molecule has 2 heterocycles. The monoisotopic (exact) mass is 428 g/mol. The van der Waals surface area contributed by atoms with Crippen molar-refractivity contribution in [2.24, 2.45) is 0 Å². The van der Waals surface area contributed by atoms with Crippen LogP contribution in [0.4, 0.5) is 14.5 Å². The second-order valence-corrected chi connectivity index (χ2v) is 7.56. The number of carbonyl (C=O) groups excluding carboxylic acids is 2. The van der Waals surface area contributed by atoms with Crippen LogP contribution in [0.3, 0.4) is 0 Å². The molecule has 0 spiro atoms. The Morgan fingerprint density at radius 3 is 2.23 bits per heavy atom. The summed E-state index contributed by atoms with van der Waals surface area (Å²) in [6.07, 6.45) is -0.00692. The first-order valence-corrected chi connectivity index (χ1v) is 10.0. The van der Waals surface area contributed by atoms with Gasteiger partial charge in [-0.05, 0) is 43.7 Å². The van der Waals surface area contributed by atoms with Crippen LogP contribution in [0.1, 0.15) is 19.4 Å². The van der Waals surface area contributed by atoms with Crippen molar-refractivity contribution in [2.45, 2.75) is 20.0 Å². The van der Waals surface area contributed by atoms with Gasteiger partial charge in [0.1, 0.15) is 11.4 Å². The Morgan fingerprint density at radius 2 is 1.61 bits per heavy atom. The van der Waals surface area contributed by atoms with Crippen LogP contribution in [0.25, 0.3) is 5.57 Å². The minimum absolute atomic E-state index is 0.00692. The van der Waals surface area contributed by atoms with Gasteiger partial charge in [-0.3, -0.25) is 9.59 Å². The molecule has 0 aliphatic carbocycles. The highest BCUT2D eigenvalue weighted by molar-refractivity contribution is 6.45. The molecule has 1 fully saturated rings. The third-order valence-electron chi connectivity index (χ3n) is 5.06. The zero-order valence-electron chi connectivity index (χ0n) is 17.2. The van der Waals surface area contributed by atoms with Crippen LogP contribution in [-0.4, -0.2) is 49.1 Å². The smallest absolute Gasteiger partial charge is 0.282 e. The average molecular weight is 428 g/mol. The van der Waals surface area contributed by atoms with E-state index in [1.807, 2.05) is 13.8 Å². The molecule has 6 nitrogen and oxygen atoms in total. The van der Waals surface area contributed by atoms with Gasteiger partial charge in [-0.1, -0.05) is 12.1 Å². The number of benzene rings is 2. The standard InChI is InChI=1S/C23H22F2N2O4/c1-14(2)31-17-6-3-15(4-7-17)20-21(26-9-11-30-12-10-26)23(29)27(22(20)28)16-5-8-18(24)19(25)13-16/h3-8,13-14H,9-12H2,1-2H3. The molecule has 0 atom stereocenters. The van der Waals surface area contributed by atoms with Gasteiger partial charge in [0.05, 0.1) is 30.6 Å². The predicted molar refractivity (Wildman–Crippen MR) is 110 cm³/mol. The summed E-state index contributed by atoms with van der Waals surface area (Å²) in [5.41, 5.74) is 0.971. The number of ether oxygens (including phenoxy) is 2. The molecule has 1 saturated heterocycles. The fourth-order valence-corrected chi connectivity index (χ4v) is 3.69. The summed E-state index contributed by atoms with van der Waals surface area (Å²) in [6.45, 7) is 5.54. The van der Waals surface area contributed by atoms with Gasteiger partial charge in [-0.2, -0.15) is 0 Å². The molecule has 2 amide bonds. The Hall–Kier alpha value is -3.26. The second-order valence-electron chi connectivity index (χ2n) is 7.56. The second kappa shape index (κ2) is 8.47. The first kappa shape index (κ1) is 21.0. The molecule has 2 aromatic carbocycles. The maximum absolute atomic E-state index is 13.8. The Labute approximate surface area is 178 Å². The highest BCUT2D eigenvalue weighted by Gasteiger charge is 2.43. The molecule has 0 N–H and O–H groups in total. The molecule has 2 aliphatic heterocycles. The SMILES string of the molecule is CC(C)Oc1ccc(C2=C(N3CCOCC3)C(=O)N(c3ccc(F)c(F)c3)C2=O)cc1. The zero-order chi connectivity index (χ0) is 22.1.